The lowest BCUT2D eigenvalue weighted by molar-refractivity contribution is 0.0216. The van der Waals surface area contributed by atoms with E-state index in [2.05, 4.69) is 32.9 Å². The van der Waals surface area contributed by atoms with Crippen molar-refractivity contribution >= 4 is 0 Å². The summed E-state index contributed by atoms with van der Waals surface area (Å²) in [7, 11) is 0. The molecule has 0 aliphatic heterocycles. The quantitative estimate of drug-likeness (QED) is 0.392. The van der Waals surface area contributed by atoms with Crippen molar-refractivity contribution < 1.29 is 0 Å². The van der Waals surface area contributed by atoms with Crippen LogP contribution in [0.5, 0.6) is 0 Å². The summed E-state index contributed by atoms with van der Waals surface area (Å²) in [5, 5.41) is 0. The van der Waals surface area contributed by atoms with E-state index in [0.717, 1.165) is 5.92 Å². The van der Waals surface area contributed by atoms with Gasteiger partial charge >= 0.3 is 0 Å². The first-order valence-electron chi connectivity index (χ1n) is 13.2. The van der Waals surface area contributed by atoms with Crippen LogP contribution < -0.4 is 0 Å². The summed E-state index contributed by atoms with van der Waals surface area (Å²) in [5.74, 6) is 0.962. The maximum Gasteiger partial charge on any atom is -0.0272 e. The van der Waals surface area contributed by atoms with Gasteiger partial charge in [0.2, 0.25) is 0 Å². The van der Waals surface area contributed by atoms with Crippen LogP contribution in [-0.2, 0) is 0 Å². The maximum absolute atomic E-state index is 2.71. The molecule has 0 spiro atoms. The molecular formula is C28H52. The van der Waals surface area contributed by atoms with Crippen LogP contribution in [0.1, 0.15) is 149 Å². The Morgan fingerprint density at radius 2 is 0.893 bits per heavy atom. The highest BCUT2D eigenvalue weighted by molar-refractivity contribution is 4.94. The van der Waals surface area contributed by atoms with E-state index < -0.39 is 0 Å². The van der Waals surface area contributed by atoms with Gasteiger partial charge in [0, 0.05) is 0 Å². The molecule has 1 saturated carbocycles. The molecule has 0 saturated heterocycles. The molecule has 3 atom stereocenters. The molecule has 3 unspecified atom stereocenters. The second-order valence-electron chi connectivity index (χ2n) is 11.1. The van der Waals surface area contributed by atoms with Crippen LogP contribution in [0.4, 0.5) is 0 Å². The highest BCUT2D eigenvalue weighted by Gasteiger charge is 2.42. The van der Waals surface area contributed by atoms with Crippen LogP contribution in [-0.4, -0.2) is 0 Å². The van der Waals surface area contributed by atoms with Crippen molar-refractivity contribution in [2.45, 2.75) is 149 Å². The van der Waals surface area contributed by atoms with Crippen LogP contribution in [0.15, 0.2) is 12.2 Å². The lowest BCUT2D eigenvalue weighted by Gasteiger charge is -2.48. The predicted molar refractivity (Wildman–Crippen MR) is 127 cm³/mol. The fourth-order valence-electron chi connectivity index (χ4n) is 6.12. The van der Waals surface area contributed by atoms with Crippen molar-refractivity contribution in [2.75, 3.05) is 0 Å². The van der Waals surface area contributed by atoms with Gasteiger partial charge in [-0.3, -0.25) is 0 Å². The number of hydrogen-bond acceptors (Lipinski definition) is 0. The Hall–Kier alpha value is -0.260. The molecule has 0 aromatic rings. The summed E-state index contributed by atoms with van der Waals surface area (Å²) in [6.07, 6.45) is 33.9. The maximum atomic E-state index is 2.71. The Balaban J connectivity index is 2.05. The smallest absolute Gasteiger partial charge is 0.0272 e. The van der Waals surface area contributed by atoms with Gasteiger partial charge in [-0.15, -0.1) is 0 Å². The standard InChI is InChI=1S/C28H52/c1-26-20-14-9-12-18-24-28(3,25-19-13-15-21-26)27(2)22-16-10-7-5-4-6-8-11-17-23-27/h5,7,26H,4,6,8-25H2,1-3H3. The fourth-order valence-corrected chi connectivity index (χ4v) is 6.12. The van der Waals surface area contributed by atoms with Gasteiger partial charge in [0.1, 0.15) is 0 Å². The molecule has 0 N–H and O–H groups in total. The molecule has 0 bridgehead atoms. The number of hydrogen-bond donors (Lipinski definition) is 0. The third-order valence-corrected chi connectivity index (χ3v) is 8.67. The molecule has 0 amide bonds. The van der Waals surface area contributed by atoms with Gasteiger partial charge in [0.25, 0.3) is 0 Å². The molecule has 1 fully saturated rings. The second kappa shape index (κ2) is 13.1. The molecule has 0 radical (unpaired) electrons. The number of allylic oxidation sites excluding steroid dienone is 2. The van der Waals surface area contributed by atoms with E-state index >= 15 is 0 Å². The van der Waals surface area contributed by atoms with Crippen molar-refractivity contribution in [1.82, 2.24) is 0 Å². The Morgan fingerprint density at radius 1 is 0.500 bits per heavy atom. The van der Waals surface area contributed by atoms with E-state index in [0.29, 0.717) is 10.8 Å². The van der Waals surface area contributed by atoms with Crippen LogP contribution in [0.2, 0.25) is 0 Å². The van der Waals surface area contributed by atoms with Crippen molar-refractivity contribution in [3.05, 3.63) is 12.2 Å². The van der Waals surface area contributed by atoms with Crippen LogP contribution in [0, 0.1) is 16.7 Å². The Kier molecular flexibility index (Phi) is 11.3. The zero-order chi connectivity index (χ0) is 20.1. The molecule has 0 aromatic heterocycles. The number of rotatable bonds is 1. The van der Waals surface area contributed by atoms with Gasteiger partial charge in [-0.05, 0) is 68.1 Å². The van der Waals surface area contributed by atoms with Gasteiger partial charge < -0.3 is 0 Å². The molecule has 2 rings (SSSR count). The van der Waals surface area contributed by atoms with Gasteiger partial charge in [0.15, 0.2) is 0 Å². The summed E-state index contributed by atoms with van der Waals surface area (Å²) in [4.78, 5) is 0. The van der Waals surface area contributed by atoms with Gasteiger partial charge in [-0.1, -0.05) is 110 Å². The highest BCUT2D eigenvalue weighted by atomic mass is 14.5. The van der Waals surface area contributed by atoms with E-state index in [1.807, 2.05) is 0 Å². The molecule has 2 aliphatic carbocycles. The molecule has 164 valence electrons. The first kappa shape index (κ1) is 24.0. The molecule has 0 aromatic carbocycles. The van der Waals surface area contributed by atoms with Gasteiger partial charge in [-0.25, -0.2) is 0 Å². The van der Waals surface area contributed by atoms with Crippen molar-refractivity contribution in [1.29, 1.82) is 0 Å². The first-order chi connectivity index (χ1) is 13.6. The predicted octanol–water partition coefficient (Wildman–Crippen LogP) is 10.0. The normalized spacial score (nSPS) is 36.2. The highest BCUT2D eigenvalue weighted by Crippen LogP contribution is 2.53. The van der Waals surface area contributed by atoms with Crippen molar-refractivity contribution in [2.24, 2.45) is 16.7 Å². The molecule has 0 nitrogen and oxygen atoms in total. The third kappa shape index (κ3) is 8.23. The first-order valence-corrected chi connectivity index (χ1v) is 13.2. The topological polar surface area (TPSA) is 0 Å². The molecule has 0 heterocycles. The van der Waals surface area contributed by atoms with Gasteiger partial charge in [0.05, 0.1) is 0 Å². The summed E-state index contributed by atoms with van der Waals surface area (Å²) in [6.45, 7) is 7.89. The van der Waals surface area contributed by atoms with E-state index in [1.54, 1.807) is 0 Å². The summed E-state index contributed by atoms with van der Waals surface area (Å²) >= 11 is 0. The lowest BCUT2D eigenvalue weighted by Crippen LogP contribution is -2.38. The van der Waals surface area contributed by atoms with E-state index in [9.17, 15) is 0 Å². The fraction of sp³-hybridized carbons (Fsp3) is 0.929. The lowest BCUT2D eigenvalue weighted by atomic mass is 9.57. The molecule has 28 heavy (non-hydrogen) atoms. The Bertz CT molecular complexity index is 422. The zero-order valence-electron chi connectivity index (χ0n) is 19.9. The SMILES string of the molecule is CC1CCCCCCC(C)(C2(C)CCCC=CCCCCCC2)CCCCC1. The van der Waals surface area contributed by atoms with Gasteiger partial charge in [-0.2, -0.15) is 0 Å². The van der Waals surface area contributed by atoms with Crippen molar-refractivity contribution in [3.8, 4) is 0 Å². The van der Waals surface area contributed by atoms with Crippen LogP contribution in [0.3, 0.4) is 0 Å². The Morgan fingerprint density at radius 3 is 1.46 bits per heavy atom. The summed E-state index contributed by atoms with van der Waals surface area (Å²) < 4.78 is 0. The minimum absolute atomic E-state index is 0.549. The van der Waals surface area contributed by atoms with E-state index in [1.165, 1.54) is 128 Å². The summed E-state index contributed by atoms with van der Waals surface area (Å²) in [5.41, 5.74) is 1.11. The summed E-state index contributed by atoms with van der Waals surface area (Å²) in [6, 6.07) is 0. The monoisotopic (exact) mass is 388 g/mol. The molecule has 0 heteroatoms. The second-order valence-corrected chi connectivity index (χ2v) is 11.1. The minimum atomic E-state index is 0.549. The molecular weight excluding hydrogens is 336 g/mol. The van der Waals surface area contributed by atoms with E-state index in [4.69, 9.17) is 0 Å². The third-order valence-electron chi connectivity index (χ3n) is 8.67. The zero-order valence-corrected chi connectivity index (χ0v) is 19.9. The molecule has 2 aliphatic rings. The Labute approximate surface area is 178 Å². The average Bonchev–Trinajstić information content (AvgIpc) is 2.68. The van der Waals surface area contributed by atoms with Crippen LogP contribution >= 0.6 is 0 Å². The minimum Gasteiger partial charge on any atom is -0.0885 e. The largest absolute Gasteiger partial charge is 0.0885 e. The average molecular weight is 389 g/mol. The van der Waals surface area contributed by atoms with Crippen LogP contribution in [0.25, 0.3) is 0 Å². The van der Waals surface area contributed by atoms with Crippen molar-refractivity contribution in [3.63, 3.8) is 0 Å². The van der Waals surface area contributed by atoms with E-state index in [-0.39, 0.29) is 0 Å².